The number of rotatable bonds is 7. The molecule has 2 aromatic carbocycles. The van der Waals surface area contributed by atoms with E-state index in [0.717, 1.165) is 22.1 Å². The van der Waals surface area contributed by atoms with Gasteiger partial charge in [-0.15, -0.1) is 11.3 Å². The van der Waals surface area contributed by atoms with Crippen LogP contribution in [0.25, 0.3) is 0 Å². The van der Waals surface area contributed by atoms with Crippen LogP contribution >= 0.6 is 11.3 Å². The van der Waals surface area contributed by atoms with Crippen molar-refractivity contribution in [3.63, 3.8) is 0 Å². The lowest BCUT2D eigenvalue weighted by atomic mass is 10.1. The number of aryl methyl sites for hydroxylation is 1. The largest absolute Gasteiger partial charge is 0.459 e. The minimum atomic E-state index is -0.204. The van der Waals surface area contributed by atoms with Crippen molar-refractivity contribution >= 4 is 28.1 Å². The van der Waals surface area contributed by atoms with Crippen molar-refractivity contribution in [1.29, 1.82) is 0 Å². The molecule has 5 heteroatoms. The predicted molar refractivity (Wildman–Crippen MR) is 96.4 cm³/mol. The van der Waals surface area contributed by atoms with Gasteiger partial charge in [0.25, 0.3) is 0 Å². The van der Waals surface area contributed by atoms with Crippen LogP contribution in [0.3, 0.4) is 0 Å². The van der Waals surface area contributed by atoms with E-state index in [1.54, 1.807) is 0 Å². The van der Waals surface area contributed by atoms with E-state index in [4.69, 9.17) is 4.74 Å². The zero-order valence-corrected chi connectivity index (χ0v) is 14.0. The molecule has 0 atom stereocenters. The van der Waals surface area contributed by atoms with E-state index in [1.165, 1.54) is 11.3 Å². The average Bonchev–Trinajstić information content (AvgIpc) is 3.07. The highest BCUT2D eigenvalue weighted by Crippen LogP contribution is 2.21. The molecule has 122 valence electrons. The third-order valence-corrected chi connectivity index (χ3v) is 4.23. The molecule has 0 aliphatic carbocycles. The number of ether oxygens (including phenoxy) is 1. The smallest absolute Gasteiger partial charge is 0.306 e. The van der Waals surface area contributed by atoms with Crippen LogP contribution in [0, 0.1) is 0 Å². The van der Waals surface area contributed by atoms with Gasteiger partial charge >= 0.3 is 5.97 Å². The van der Waals surface area contributed by atoms with Crippen LogP contribution < -0.4 is 5.32 Å². The van der Waals surface area contributed by atoms with Crippen molar-refractivity contribution in [2.75, 3.05) is 5.32 Å². The first-order valence-electron chi connectivity index (χ1n) is 7.75. The van der Waals surface area contributed by atoms with Crippen molar-refractivity contribution in [3.8, 4) is 0 Å². The number of thiazole rings is 1. The second-order valence-corrected chi connectivity index (χ2v) is 6.14. The molecule has 3 rings (SSSR count). The van der Waals surface area contributed by atoms with Crippen molar-refractivity contribution in [3.05, 3.63) is 77.3 Å². The normalized spacial score (nSPS) is 10.3. The Morgan fingerprint density at radius 1 is 1.04 bits per heavy atom. The summed E-state index contributed by atoms with van der Waals surface area (Å²) in [6, 6.07) is 19.8. The van der Waals surface area contributed by atoms with Gasteiger partial charge in [0.2, 0.25) is 0 Å². The quantitative estimate of drug-likeness (QED) is 0.642. The molecule has 0 aliphatic rings. The second-order valence-electron chi connectivity index (χ2n) is 5.28. The molecule has 0 aliphatic heterocycles. The number of nitrogens with one attached hydrogen (secondary N) is 1. The highest BCUT2D eigenvalue weighted by atomic mass is 32.1. The fourth-order valence-electron chi connectivity index (χ4n) is 2.19. The third-order valence-electron chi connectivity index (χ3n) is 3.42. The van der Waals surface area contributed by atoms with Gasteiger partial charge in [-0.05, 0) is 24.1 Å². The Morgan fingerprint density at radius 3 is 2.50 bits per heavy atom. The molecule has 0 saturated carbocycles. The number of nitrogens with zero attached hydrogens (tertiary/aromatic N) is 1. The molecule has 0 fully saturated rings. The van der Waals surface area contributed by atoms with Crippen LogP contribution in [0.15, 0.2) is 66.0 Å². The summed E-state index contributed by atoms with van der Waals surface area (Å²) >= 11 is 1.49. The minimum absolute atomic E-state index is 0.204. The minimum Gasteiger partial charge on any atom is -0.459 e. The molecule has 4 nitrogen and oxygen atoms in total. The fraction of sp³-hybridized carbons (Fsp3) is 0.158. The summed E-state index contributed by atoms with van der Waals surface area (Å²) in [4.78, 5) is 16.3. The monoisotopic (exact) mass is 338 g/mol. The van der Waals surface area contributed by atoms with Crippen LogP contribution in [0.1, 0.15) is 17.7 Å². The lowest BCUT2D eigenvalue weighted by Gasteiger charge is -2.03. The zero-order chi connectivity index (χ0) is 16.6. The molecule has 0 bridgehead atoms. The van der Waals surface area contributed by atoms with E-state index in [1.807, 2.05) is 66.0 Å². The van der Waals surface area contributed by atoms with Crippen LogP contribution in [0.5, 0.6) is 0 Å². The topological polar surface area (TPSA) is 51.2 Å². The van der Waals surface area contributed by atoms with E-state index in [9.17, 15) is 4.79 Å². The van der Waals surface area contributed by atoms with Crippen molar-refractivity contribution in [2.45, 2.75) is 19.4 Å². The fourth-order valence-corrected chi connectivity index (χ4v) is 2.91. The molecule has 0 unspecified atom stereocenters. The van der Waals surface area contributed by atoms with Gasteiger partial charge in [0.05, 0.1) is 5.69 Å². The summed E-state index contributed by atoms with van der Waals surface area (Å²) in [6.07, 6.45) is 1.07. The van der Waals surface area contributed by atoms with E-state index >= 15 is 0 Å². The lowest BCUT2D eigenvalue weighted by molar-refractivity contribution is -0.145. The number of anilines is 2. The number of para-hydroxylation sites is 1. The van der Waals surface area contributed by atoms with Crippen molar-refractivity contribution in [2.24, 2.45) is 0 Å². The Bertz CT molecular complexity index is 772. The third kappa shape index (κ3) is 4.93. The molecular formula is C19H18N2O2S. The number of esters is 1. The first-order chi connectivity index (χ1) is 11.8. The van der Waals surface area contributed by atoms with Gasteiger partial charge in [0.1, 0.15) is 6.61 Å². The Morgan fingerprint density at radius 2 is 1.75 bits per heavy atom. The first kappa shape index (κ1) is 16.2. The highest BCUT2D eigenvalue weighted by molar-refractivity contribution is 7.13. The number of benzene rings is 2. The number of carbonyl (C=O) groups is 1. The van der Waals surface area contributed by atoms with Crippen molar-refractivity contribution < 1.29 is 9.53 Å². The molecule has 1 aromatic heterocycles. The molecule has 1 N–H and O–H groups in total. The van der Waals surface area contributed by atoms with Gasteiger partial charge in [0.15, 0.2) is 5.13 Å². The van der Waals surface area contributed by atoms with E-state index in [2.05, 4.69) is 10.3 Å². The van der Waals surface area contributed by atoms with Crippen LogP contribution in [-0.2, 0) is 22.6 Å². The Hall–Kier alpha value is -2.66. The number of hydrogen-bond acceptors (Lipinski definition) is 5. The molecule has 0 saturated heterocycles. The summed E-state index contributed by atoms with van der Waals surface area (Å²) in [7, 11) is 0. The second kappa shape index (κ2) is 8.26. The molecule has 0 amide bonds. The first-order valence-corrected chi connectivity index (χ1v) is 8.63. The number of aromatic nitrogens is 1. The van der Waals surface area contributed by atoms with E-state index < -0.39 is 0 Å². The van der Waals surface area contributed by atoms with Gasteiger partial charge in [0, 0.05) is 17.5 Å². The summed E-state index contributed by atoms with van der Waals surface area (Å²) in [5.41, 5.74) is 2.88. The maximum Gasteiger partial charge on any atom is 0.306 e. The van der Waals surface area contributed by atoms with Gasteiger partial charge < -0.3 is 10.1 Å². The Labute approximate surface area is 145 Å². The molecule has 0 spiro atoms. The van der Waals surface area contributed by atoms with Crippen LogP contribution in [-0.4, -0.2) is 11.0 Å². The average molecular weight is 338 g/mol. The van der Waals surface area contributed by atoms with E-state index in [0.29, 0.717) is 12.8 Å². The van der Waals surface area contributed by atoms with Crippen LogP contribution in [0.2, 0.25) is 0 Å². The van der Waals surface area contributed by atoms with Gasteiger partial charge in [-0.1, -0.05) is 48.5 Å². The van der Waals surface area contributed by atoms with E-state index in [-0.39, 0.29) is 12.6 Å². The summed E-state index contributed by atoms with van der Waals surface area (Å²) < 4.78 is 5.29. The maximum absolute atomic E-state index is 11.8. The Kier molecular flexibility index (Phi) is 5.58. The van der Waals surface area contributed by atoms with Gasteiger partial charge in [-0.2, -0.15) is 0 Å². The van der Waals surface area contributed by atoms with Gasteiger partial charge in [-0.3, -0.25) is 4.79 Å². The number of carbonyl (C=O) groups excluding carboxylic acids is 1. The molecule has 1 heterocycles. The van der Waals surface area contributed by atoms with Crippen LogP contribution in [0.4, 0.5) is 10.8 Å². The molecular weight excluding hydrogens is 320 g/mol. The Balaban J connectivity index is 1.44. The molecule has 0 radical (unpaired) electrons. The summed E-state index contributed by atoms with van der Waals surface area (Å²) in [6.45, 7) is 0.209. The molecule has 24 heavy (non-hydrogen) atoms. The number of hydrogen-bond donors (Lipinski definition) is 1. The SMILES string of the molecule is O=C(CCc1ccccc1)OCc1csc(Nc2ccccc2)n1. The summed E-state index contributed by atoms with van der Waals surface area (Å²) in [5.74, 6) is -0.204. The zero-order valence-electron chi connectivity index (χ0n) is 13.1. The maximum atomic E-state index is 11.8. The summed E-state index contributed by atoms with van der Waals surface area (Å²) in [5, 5.41) is 5.91. The molecule has 3 aromatic rings. The predicted octanol–water partition coefficient (Wildman–Crippen LogP) is 4.56. The lowest BCUT2D eigenvalue weighted by Crippen LogP contribution is -2.06. The van der Waals surface area contributed by atoms with Gasteiger partial charge in [-0.25, -0.2) is 4.98 Å². The highest BCUT2D eigenvalue weighted by Gasteiger charge is 2.07. The van der Waals surface area contributed by atoms with Crippen molar-refractivity contribution in [1.82, 2.24) is 4.98 Å². The standard InChI is InChI=1S/C19H18N2O2S/c22-18(12-11-15-7-3-1-4-8-15)23-13-17-14-24-19(21-17)20-16-9-5-2-6-10-16/h1-10,14H,11-13H2,(H,20,21).